The molecule has 0 saturated carbocycles. The maximum absolute atomic E-state index is 5.50. The van der Waals surface area contributed by atoms with Crippen LogP contribution >= 0.6 is 15.9 Å². The van der Waals surface area contributed by atoms with Gasteiger partial charge in [0.15, 0.2) is 0 Å². The molecule has 0 bridgehead atoms. The summed E-state index contributed by atoms with van der Waals surface area (Å²) in [6.07, 6.45) is 3.51. The highest BCUT2D eigenvalue weighted by atomic mass is 79.9. The number of hydrogen-bond acceptors (Lipinski definition) is 2. The van der Waals surface area contributed by atoms with Gasteiger partial charge < -0.3 is 10.1 Å². The lowest BCUT2D eigenvalue weighted by atomic mass is 10.0. The highest BCUT2D eigenvalue weighted by Gasteiger charge is 2.21. The van der Waals surface area contributed by atoms with Gasteiger partial charge in [-0.2, -0.15) is 0 Å². The zero-order valence-electron chi connectivity index (χ0n) is 9.85. The van der Waals surface area contributed by atoms with Gasteiger partial charge in [0.2, 0.25) is 0 Å². The number of aryl methyl sites for hydroxylation is 1. The maximum atomic E-state index is 5.50. The number of halogens is 1. The summed E-state index contributed by atoms with van der Waals surface area (Å²) in [6.45, 7) is 3.29. The van der Waals surface area contributed by atoms with E-state index >= 15 is 0 Å². The van der Waals surface area contributed by atoms with Crippen molar-refractivity contribution in [3.8, 4) is 5.75 Å². The maximum Gasteiger partial charge on any atom is 0.137 e. The van der Waals surface area contributed by atoms with Crippen LogP contribution in [-0.4, -0.2) is 13.7 Å². The minimum Gasteiger partial charge on any atom is -0.495 e. The summed E-state index contributed by atoms with van der Waals surface area (Å²) in [5, 5.41) is 3.53. The molecule has 1 aromatic carbocycles. The molecule has 2 rings (SSSR count). The molecule has 1 aliphatic heterocycles. The van der Waals surface area contributed by atoms with Crippen molar-refractivity contribution in [1.82, 2.24) is 5.32 Å². The van der Waals surface area contributed by atoms with Gasteiger partial charge in [-0.05, 0) is 53.4 Å². The summed E-state index contributed by atoms with van der Waals surface area (Å²) in [5.41, 5.74) is 2.66. The lowest BCUT2D eigenvalue weighted by molar-refractivity contribution is 0.400. The lowest BCUT2D eigenvalue weighted by Gasteiger charge is -2.17. The first kappa shape index (κ1) is 11.9. The van der Waals surface area contributed by atoms with Crippen molar-refractivity contribution in [2.75, 3.05) is 13.7 Å². The third-order valence-electron chi connectivity index (χ3n) is 3.18. The van der Waals surface area contributed by atoms with Gasteiger partial charge >= 0.3 is 0 Å². The van der Waals surface area contributed by atoms with Crippen LogP contribution in [0.5, 0.6) is 5.75 Å². The molecule has 2 nitrogen and oxygen atoms in total. The Morgan fingerprint density at radius 1 is 1.50 bits per heavy atom. The second kappa shape index (κ2) is 5.19. The van der Waals surface area contributed by atoms with E-state index in [-0.39, 0.29) is 0 Å². The SMILES string of the molecule is CCc1cc(Br)c(OC)c(C2CCCN2)c1. The third kappa shape index (κ3) is 2.25. The second-order valence-corrected chi connectivity index (χ2v) is 5.06. The summed E-state index contributed by atoms with van der Waals surface area (Å²) in [6, 6.07) is 4.88. The number of rotatable bonds is 3. The van der Waals surface area contributed by atoms with Gasteiger partial charge in [0.05, 0.1) is 11.6 Å². The Morgan fingerprint density at radius 3 is 2.88 bits per heavy atom. The minimum atomic E-state index is 0.456. The molecule has 0 spiro atoms. The van der Waals surface area contributed by atoms with E-state index in [0.717, 1.165) is 23.2 Å². The van der Waals surface area contributed by atoms with Crippen LogP contribution in [0.1, 0.15) is 36.9 Å². The van der Waals surface area contributed by atoms with E-state index in [4.69, 9.17) is 4.74 Å². The van der Waals surface area contributed by atoms with Crippen molar-refractivity contribution in [3.63, 3.8) is 0 Å². The van der Waals surface area contributed by atoms with Gasteiger partial charge in [0.25, 0.3) is 0 Å². The second-order valence-electron chi connectivity index (χ2n) is 4.20. The molecular formula is C13H18BrNO. The van der Waals surface area contributed by atoms with Crippen molar-refractivity contribution in [2.24, 2.45) is 0 Å². The van der Waals surface area contributed by atoms with Crippen LogP contribution in [0.3, 0.4) is 0 Å². The molecular weight excluding hydrogens is 266 g/mol. The average molecular weight is 284 g/mol. The minimum absolute atomic E-state index is 0.456. The van der Waals surface area contributed by atoms with Gasteiger partial charge in [0, 0.05) is 11.6 Å². The normalized spacial score (nSPS) is 20.1. The average Bonchev–Trinajstić information content (AvgIpc) is 2.81. The molecule has 1 aromatic rings. The first-order valence-corrected chi connectivity index (χ1v) is 6.65. The Bertz CT molecular complexity index is 372. The molecule has 1 atom stereocenters. The van der Waals surface area contributed by atoms with E-state index < -0.39 is 0 Å². The predicted octanol–water partition coefficient (Wildman–Crippen LogP) is 3.44. The summed E-state index contributed by atoms with van der Waals surface area (Å²) >= 11 is 3.59. The summed E-state index contributed by atoms with van der Waals surface area (Å²) in [4.78, 5) is 0. The van der Waals surface area contributed by atoms with Crippen molar-refractivity contribution in [2.45, 2.75) is 32.2 Å². The summed E-state index contributed by atoms with van der Waals surface area (Å²) < 4.78 is 6.57. The number of nitrogens with one attached hydrogen (secondary N) is 1. The van der Waals surface area contributed by atoms with E-state index in [1.807, 2.05) is 0 Å². The van der Waals surface area contributed by atoms with Crippen LogP contribution in [0.4, 0.5) is 0 Å². The molecule has 1 aliphatic rings. The van der Waals surface area contributed by atoms with E-state index in [0.29, 0.717) is 6.04 Å². The quantitative estimate of drug-likeness (QED) is 0.918. The molecule has 3 heteroatoms. The van der Waals surface area contributed by atoms with Gasteiger partial charge in [-0.25, -0.2) is 0 Å². The van der Waals surface area contributed by atoms with Crippen LogP contribution < -0.4 is 10.1 Å². The molecule has 1 fully saturated rings. The smallest absolute Gasteiger partial charge is 0.137 e. The van der Waals surface area contributed by atoms with E-state index in [2.05, 4.69) is 40.3 Å². The van der Waals surface area contributed by atoms with E-state index in [1.54, 1.807) is 7.11 Å². The fourth-order valence-electron chi connectivity index (χ4n) is 2.30. The summed E-state index contributed by atoms with van der Waals surface area (Å²) in [7, 11) is 1.74. The lowest BCUT2D eigenvalue weighted by Crippen LogP contribution is -2.14. The highest BCUT2D eigenvalue weighted by molar-refractivity contribution is 9.10. The van der Waals surface area contributed by atoms with Crippen molar-refractivity contribution >= 4 is 15.9 Å². The third-order valence-corrected chi connectivity index (χ3v) is 3.77. The van der Waals surface area contributed by atoms with Gasteiger partial charge in [-0.1, -0.05) is 13.0 Å². The zero-order valence-corrected chi connectivity index (χ0v) is 11.4. The Kier molecular flexibility index (Phi) is 3.87. The molecule has 88 valence electrons. The molecule has 16 heavy (non-hydrogen) atoms. The van der Waals surface area contributed by atoms with Crippen molar-refractivity contribution in [1.29, 1.82) is 0 Å². The van der Waals surface area contributed by atoms with Crippen LogP contribution in [0.15, 0.2) is 16.6 Å². The van der Waals surface area contributed by atoms with E-state index in [9.17, 15) is 0 Å². The molecule has 1 saturated heterocycles. The van der Waals surface area contributed by atoms with Gasteiger partial charge in [0.1, 0.15) is 5.75 Å². The number of methoxy groups -OCH3 is 1. The monoisotopic (exact) mass is 283 g/mol. The van der Waals surface area contributed by atoms with Crippen molar-refractivity contribution < 1.29 is 4.74 Å². The zero-order chi connectivity index (χ0) is 11.5. The molecule has 1 heterocycles. The van der Waals surface area contributed by atoms with Crippen LogP contribution in [-0.2, 0) is 6.42 Å². The molecule has 0 amide bonds. The fraction of sp³-hybridized carbons (Fsp3) is 0.538. The largest absolute Gasteiger partial charge is 0.495 e. The first-order valence-electron chi connectivity index (χ1n) is 5.86. The molecule has 0 radical (unpaired) electrons. The highest BCUT2D eigenvalue weighted by Crippen LogP contribution is 2.37. The van der Waals surface area contributed by atoms with Crippen LogP contribution in [0, 0.1) is 0 Å². The van der Waals surface area contributed by atoms with Crippen LogP contribution in [0.2, 0.25) is 0 Å². The number of ether oxygens (including phenoxy) is 1. The molecule has 1 N–H and O–H groups in total. The molecule has 0 aromatic heterocycles. The Balaban J connectivity index is 2.42. The fourth-order valence-corrected chi connectivity index (χ4v) is 2.99. The summed E-state index contributed by atoms with van der Waals surface area (Å²) in [5.74, 6) is 0.983. The van der Waals surface area contributed by atoms with Gasteiger partial charge in [-0.3, -0.25) is 0 Å². The molecule has 0 aliphatic carbocycles. The van der Waals surface area contributed by atoms with Gasteiger partial charge in [-0.15, -0.1) is 0 Å². The Hall–Kier alpha value is -0.540. The Labute approximate surface area is 106 Å². The molecule has 1 unspecified atom stereocenters. The van der Waals surface area contributed by atoms with Crippen LogP contribution in [0.25, 0.3) is 0 Å². The predicted molar refractivity (Wildman–Crippen MR) is 70.0 cm³/mol. The Morgan fingerprint density at radius 2 is 2.31 bits per heavy atom. The first-order chi connectivity index (χ1) is 7.76. The number of hydrogen-bond donors (Lipinski definition) is 1. The van der Waals surface area contributed by atoms with E-state index in [1.165, 1.54) is 24.0 Å². The number of benzene rings is 1. The standard InChI is InChI=1S/C13H18BrNO/c1-3-9-7-10(12-5-4-6-15-12)13(16-2)11(14)8-9/h7-8,12,15H,3-6H2,1-2H3. The topological polar surface area (TPSA) is 21.3 Å². The van der Waals surface area contributed by atoms with Crippen molar-refractivity contribution in [3.05, 3.63) is 27.7 Å².